The van der Waals surface area contributed by atoms with E-state index in [1.165, 1.54) is 31.4 Å². The molecule has 170 valence electrons. The lowest BCUT2D eigenvalue weighted by molar-refractivity contribution is 0.237. The molecule has 0 unspecified atom stereocenters. The fourth-order valence-corrected chi connectivity index (χ4v) is 4.44. The Bertz CT molecular complexity index is 1270. The number of aromatic nitrogens is 4. The number of benzene rings is 2. The highest BCUT2D eigenvalue weighted by molar-refractivity contribution is 6.32. The summed E-state index contributed by atoms with van der Waals surface area (Å²) >= 11 is 6.40. The van der Waals surface area contributed by atoms with Gasteiger partial charge in [-0.2, -0.15) is 4.98 Å². The van der Waals surface area contributed by atoms with Crippen molar-refractivity contribution in [1.82, 2.24) is 24.6 Å². The van der Waals surface area contributed by atoms with Crippen molar-refractivity contribution in [3.8, 4) is 16.9 Å². The Morgan fingerprint density at radius 2 is 1.76 bits per heavy atom. The number of rotatable bonds is 6. The molecule has 33 heavy (non-hydrogen) atoms. The first-order chi connectivity index (χ1) is 16.1. The van der Waals surface area contributed by atoms with Crippen LogP contribution in [0.5, 0.6) is 0 Å². The maximum Gasteiger partial charge on any atom is 0.225 e. The molecular weight excluding hydrogens is 441 g/mol. The third-order valence-corrected chi connectivity index (χ3v) is 6.25. The predicted octanol–water partition coefficient (Wildman–Crippen LogP) is 4.76. The van der Waals surface area contributed by atoms with Gasteiger partial charge in [-0.1, -0.05) is 30.2 Å². The minimum Gasteiger partial charge on any atom is -0.383 e. The van der Waals surface area contributed by atoms with Crippen LogP contribution in [-0.2, 0) is 0 Å². The molecule has 0 aliphatic carbocycles. The van der Waals surface area contributed by atoms with Gasteiger partial charge < -0.3 is 16.0 Å². The monoisotopic (exact) mass is 465 g/mol. The molecule has 2 aromatic carbocycles. The highest BCUT2D eigenvalue weighted by Crippen LogP contribution is 2.34. The number of nitrogen functional groups attached to an aromatic ring is 1. The van der Waals surface area contributed by atoms with Gasteiger partial charge in [0.1, 0.15) is 11.6 Å². The normalized spacial score (nSPS) is 14.6. The molecule has 1 fully saturated rings. The van der Waals surface area contributed by atoms with E-state index < -0.39 is 0 Å². The Balaban J connectivity index is 1.55. The second-order valence-electron chi connectivity index (χ2n) is 8.18. The summed E-state index contributed by atoms with van der Waals surface area (Å²) in [5, 5.41) is 9.09. The Morgan fingerprint density at radius 3 is 2.52 bits per heavy atom. The summed E-state index contributed by atoms with van der Waals surface area (Å²) in [4.78, 5) is 11.8. The highest BCUT2D eigenvalue weighted by Gasteiger charge is 2.20. The number of halogens is 2. The minimum absolute atomic E-state index is 0.316. The average Bonchev–Trinajstić information content (AvgIpc) is 3.16. The van der Waals surface area contributed by atoms with Gasteiger partial charge in [0.2, 0.25) is 5.95 Å². The number of nitrogens with zero attached hydrogens (tertiary/aromatic N) is 5. The molecule has 0 atom stereocenters. The molecule has 9 heteroatoms. The summed E-state index contributed by atoms with van der Waals surface area (Å²) in [6.07, 6.45) is 3.80. The fraction of sp³-hybridized carbons (Fsp3) is 0.292. The van der Waals surface area contributed by atoms with Crippen molar-refractivity contribution in [2.45, 2.75) is 19.3 Å². The Labute approximate surface area is 196 Å². The van der Waals surface area contributed by atoms with Crippen LogP contribution in [-0.4, -0.2) is 50.8 Å². The van der Waals surface area contributed by atoms with E-state index in [2.05, 4.69) is 20.3 Å². The average molecular weight is 466 g/mol. The van der Waals surface area contributed by atoms with Crippen LogP contribution < -0.4 is 11.1 Å². The van der Waals surface area contributed by atoms with Gasteiger partial charge in [-0.15, -0.1) is 5.10 Å². The Morgan fingerprint density at radius 1 is 1.00 bits per heavy atom. The van der Waals surface area contributed by atoms with Crippen molar-refractivity contribution in [1.29, 1.82) is 0 Å². The summed E-state index contributed by atoms with van der Waals surface area (Å²) < 4.78 is 15.2. The summed E-state index contributed by atoms with van der Waals surface area (Å²) in [5.74, 6) is 0.517. The molecular formula is C24H25ClFN7. The summed E-state index contributed by atoms with van der Waals surface area (Å²) in [7, 11) is 0. The number of likely N-dealkylation sites (tertiary alicyclic amines) is 1. The molecule has 2 aromatic heterocycles. The van der Waals surface area contributed by atoms with Crippen LogP contribution in [0.3, 0.4) is 0 Å². The van der Waals surface area contributed by atoms with Crippen LogP contribution in [0.1, 0.15) is 19.3 Å². The maximum absolute atomic E-state index is 13.6. The van der Waals surface area contributed by atoms with Crippen molar-refractivity contribution in [2.24, 2.45) is 0 Å². The molecule has 5 rings (SSSR count). The molecule has 4 aromatic rings. The zero-order valence-electron chi connectivity index (χ0n) is 18.1. The summed E-state index contributed by atoms with van der Waals surface area (Å²) in [5.41, 5.74) is 8.94. The third kappa shape index (κ3) is 4.49. The van der Waals surface area contributed by atoms with Crippen LogP contribution in [0, 0.1) is 5.82 Å². The second-order valence-corrected chi connectivity index (χ2v) is 8.59. The van der Waals surface area contributed by atoms with E-state index in [0.717, 1.165) is 31.7 Å². The maximum atomic E-state index is 13.6. The lowest BCUT2D eigenvalue weighted by Gasteiger charge is -2.26. The number of hydrogen-bond acceptors (Lipinski definition) is 6. The summed E-state index contributed by atoms with van der Waals surface area (Å²) in [6, 6.07) is 13.5. The van der Waals surface area contributed by atoms with E-state index in [1.54, 1.807) is 22.9 Å². The van der Waals surface area contributed by atoms with Crippen LogP contribution in [0.15, 0.2) is 48.5 Å². The molecule has 0 amide bonds. The van der Waals surface area contributed by atoms with Crippen molar-refractivity contribution >= 4 is 34.4 Å². The number of anilines is 2. The van der Waals surface area contributed by atoms with E-state index >= 15 is 0 Å². The van der Waals surface area contributed by atoms with Crippen molar-refractivity contribution in [2.75, 3.05) is 37.2 Å². The largest absolute Gasteiger partial charge is 0.383 e. The van der Waals surface area contributed by atoms with E-state index in [4.69, 9.17) is 22.3 Å². The van der Waals surface area contributed by atoms with Crippen molar-refractivity contribution in [3.63, 3.8) is 0 Å². The SMILES string of the molecule is Nc1c2c(-c3ccc(F)cc3)nc(NCCN3CCCCC3)nc2nn1-c1ccccc1Cl. The van der Waals surface area contributed by atoms with Gasteiger partial charge in [0, 0.05) is 18.7 Å². The first-order valence-corrected chi connectivity index (χ1v) is 11.5. The fourth-order valence-electron chi connectivity index (χ4n) is 4.22. The zero-order chi connectivity index (χ0) is 22.8. The van der Waals surface area contributed by atoms with E-state index in [0.29, 0.717) is 39.2 Å². The van der Waals surface area contributed by atoms with Gasteiger partial charge >= 0.3 is 0 Å². The Kier molecular flexibility index (Phi) is 6.11. The molecule has 0 saturated carbocycles. The Hall–Kier alpha value is -3.23. The predicted molar refractivity (Wildman–Crippen MR) is 130 cm³/mol. The molecule has 1 saturated heterocycles. The molecule has 3 N–H and O–H groups in total. The van der Waals surface area contributed by atoms with Crippen molar-refractivity contribution < 1.29 is 4.39 Å². The molecule has 0 spiro atoms. The second kappa shape index (κ2) is 9.33. The number of para-hydroxylation sites is 1. The quantitative estimate of drug-likeness (QED) is 0.427. The highest BCUT2D eigenvalue weighted by atomic mass is 35.5. The molecule has 3 heterocycles. The lowest BCUT2D eigenvalue weighted by atomic mass is 10.1. The molecule has 1 aliphatic rings. The van der Waals surface area contributed by atoms with Gasteiger partial charge in [0.05, 0.1) is 21.8 Å². The standard InChI is InChI=1S/C24H25ClFN7/c25-18-6-2-3-7-19(18)33-22(27)20-21(16-8-10-17(26)11-9-16)29-24(30-23(20)31-33)28-12-15-32-13-4-1-5-14-32/h2-3,6-11H,1,4-5,12-15,27H2,(H,28,30,31). The smallest absolute Gasteiger partial charge is 0.225 e. The van der Waals surface area contributed by atoms with E-state index in [1.807, 2.05) is 18.2 Å². The minimum atomic E-state index is -0.316. The first kappa shape index (κ1) is 21.6. The molecule has 0 radical (unpaired) electrons. The van der Waals surface area contributed by atoms with Gasteiger partial charge in [0.25, 0.3) is 0 Å². The van der Waals surface area contributed by atoms with E-state index in [-0.39, 0.29) is 5.82 Å². The van der Waals surface area contributed by atoms with Crippen LogP contribution in [0.25, 0.3) is 28.0 Å². The topological polar surface area (TPSA) is 84.9 Å². The van der Waals surface area contributed by atoms with Crippen LogP contribution in [0.2, 0.25) is 5.02 Å². The van der Waals surface area contributed by atoms with Crippen LogP contribution in [0.4, 0.5) is 16.2 Å². The number of hydrogen-bond donors (Lipinski definition) is 2. The van der Waals surface area contributed by atoms with Gasteiger partial charge in [-0.05, 0) is 62.3 Å². The molecule has 7 nitrogen and oxygen atoms in total. The van der Waals surface area contributed by atoms with Gasteiger partial charge in [0.15, 0.2) is 5.65 Å². The van der Waals surface area contributed by atoms with E-state index in [9.17, 15) is 4.39 Å². The number of nitrogens with two attached hydrogens (primary N) is 1. The molecule has 0 bridgehead atoms. The third-order valence-electron chi connectivity index (χ3n) is 5.93. The molecule has 1 aliphatic heterocycles. The zero-order valence-corrected chi connectivity index (χ0v) is 18.9. The van der Waals surface area contributed by atoms with Crippen molar-refractivity contribution in [3.05, 3.63) is 59.4 Å². The first-order valence-electron chi connectivity index (χ1n) is 11.1. The number of nitrogens with one attached hydrogen (secondary N) is 1. The number of piperidine rings is 1. The lowest BCUT2D eigenvalue weighted by Crippen LogP contribution is -2.33. The van der Waals surface area contributed by atoms with Gasteiger partial charge in [-0.3, -0.25) is 0 Å². The van der Waals surface area contributed by atoms with Gasteiger partial charge in [-0.25, -0.2) is 14.1 Å². The summed E-state index contributed by atoms with van der Waals surface area (Å²) in [6.45, 7) is 3.89. The van der Waals surface area contributed by atoms with Crippen LogP contribution >= 0.6 is 11.6 Å². The number of fused-ring (bicyclic) bond motifs is 1.